The molecular weight excluding hydrogens is 683 g/mol. The number of anilines is 3. The van der Waals surface area contributed by atoms with Crippen molar-refractivity contribution in [1.82, 2.24) is 29.5 Å². The minimum atomic E-state index is -4.54. The van der Waals surface area contributed by atoms with Gasteiger partial charge >= 0.3 is 18.3 Å². The zero-order valence-corrected chi connectivity index (χ0v) is 29.6. The summed E-state index contributed by atoms with van der Waals surface area (Å²) in [5, 5.41) is 9.94. The van der Waals surface area contributed by atoms with E-state index < -0.39 is 30.4 Å². The van der Waals surface area contributed by atoms with Gasteiger partial charge in [0.15, 0.2) is 11.5 Å². The molecule has 0 radical (unpaired) electrons. The number of rotatable bonds is 9. The van der Waals surface area contributed by atoms with E-state index >= 15 is 0 Å². The Morgan fingerprint density at radius 2 is 1.56 bits per heavy atom. The normalized spacial score (nSPS) is 17.7. The number of hydrogen-bond acceptors (Lipinski definition) is 10. The predicted octanol–water partition coefficient (Wildman–Crippen LogP) is 5.46. The first-order valence-corrected chi connectivity index (χ1v) is 16.8. The fraction of sp³-hybridized carbons (Fsp3) is 0.457. The van der Waals surface area contributed by atoms with Crippen molar-refractivity contribution in [3.8, 4) is 17.1 Å². The number of piperazine rings is 1. The standard InChI is InChI=1S/C35H42F3N9O5/c1-34(2,3)52-33(49)45-17-25-19-50-20-26(18-45)47(25)31-28-16-39-46(21-35(36,37)38)30(28)42-29(43-31)22-6-8-23(9-7-22)40-32(48)41-24-10-12-27(13-11-24)51-15-14-44(4)5/h6-13,16,25-26H,14-15,17-21H2,1-5H3,(H2,40,41,48). The number of nitrogens with zero attached hydrogens (tertiary/aromatic N) is 7. The quantitative estimate of drug-likeness (QED) is 0.229. The van der Waals surface area contributed by atoms with Crippen LogP contribution in [0.4, 0.5) is 40.0 Å². The summed E-state index contributed by atoms with van der Waals surface area (Å²) in [6.45, 7) is 6.43. The fourth-order valence-corrected chi connectivity index (χ4v) is 6.01. The first kappa shape index (κ1) is 36.6. The van der Waals surface area contributed by atoms with E-state index in [1.54, 1.807) is 74.2 Å². The van der Waals surface area contributed by atoms with Crippen molar-refractivity contribution < 1.29 is 37.0 Å². The summed E-state index contributed by atoms with van der Waals surface area (Å²) in [7, 11) is 3.93. The third kappa shape index (κ3) is 9.00. The summed E-state index contributed by atoms with van der Waals surface area (Å²) in [6, 6.07) is 12.5. The number of ether oxygens (including phenoxy) is 3. The second kappa shape index (κ2) is 14.8. The monoisotopic (exact) mass is 725 g/mol. The predicted molar refractivity (Wildman–Crippen MR) is 189 cm³/mol. The maximum Gasteiger partial charge on any atom is 0.410 e. The van der Waals surface area contributed by atoms with Crippen LogP contribution in [0.25, 0.3) is 22.4 Å². The van der Waals surface area contributed by atoms with Crippen LogP contribution in [0.5, 0.6) is 5.75 Å². The van der Waals surface area contributed by atoms with Gasteiger partial charge in [0, 0.05) is 36.6 Å². The first-order chi connectivity index (χ1) is 24.6. The molecular formula is C35H42F3N9O5. The molecule has 2 N–H and O–H groups in total. The van der Waals surface area contributed by atoms with Crippen LogP contribution in [0.3, 0.4) is 0 Å². The van der Waals surface area contributed by atoms with Gasteiger partial charge in [-0.3, -0.25) is 0 Å². The number of halogens is 3. The molecule has 278 valence electrons. The first-order valence-electron chi connectivity index (χ1n) is 16.8. The Morgan fingerprint density at radius 3 is 2.13 bits per heavy atom. The molecule has 4 heterocycles. The number of carbonyl (C=O) groups excluding carboxylic acids is 2. The molecule has 2 bridgehead atoms. The highest BCUT2D eigenvalue weighted by molar-refractivity contribution is 6.00. The molecule has 3 amide bonds. The number of carbonyl (C=O) groups is 2. The van der Waals surface area contributed by atoms with Crippen LogP contribution in [0.15, 0.2) is 54.7 Å². The Labute approximate surface area is 298 Å². The van der Waals surface area contributed by atoms with Crippen LogP contribution in [0, 0.1) is 0 Å². The summed E-state index contributed by atoms with van der Waals surface area (Å²) in [5.41, 5.74) is 0.886. The summed E-state index contributed by atoms with van der Waals surface area (Å²) >= 11 is 0. The van der Waals surface area contributed by atoms with Gasteiger partial charge in [0.05, 0.1) is 36.9 Å². The van der Waals surface area contributed by atoms with Crippen molar-refractivity contribution in [3.05, 3.63) is 54.7 Å². The van der Waals surface area contributed by atoms with Crippen molar-refractivity contribution in [1.29, 1.82) is 0 Å². The Hall–Kier alpha value is -5.16. The number of nitrogens with one attached hydrogen (secondary N) is 2. The van der Waals surface area contributed by atoms with Gasteiger partial charge in [-0.25, -0.2) is 24.2 Å². The second-order valence-electron chi connectivity index (χ2n) is 14.0. The third-order valence-electron chi connectivity index (χ3n) is 8.29. The number of alkyl halides is 3. The topological polar surface area (TPSA) is 139 Å². The molecule has 2 aliphatic heterocycles. The zero-order valence-electron chi connectivity index (χ0n) is 29.6. The number of likely N-dealkylation sites (N-methyl/N-ethyl adjacent to an activating group) is 1. The van der Waals surface area contributed by atoms with Crippen LogP contribution in [0.1, 0.15) is 20.8 Å². The molecule has 0 spiro atoms. The molecule has 2 aromatic heterocycles. The summed E-state index contributed by atoms with van der Waals surface area (Å²) in [4.78, 5) is 40.8. The number of aromatic nitrogens is 4. The van der Waals surface area contributed by atoms with E-state index in [9.17, 15) is 22.8 Å². The SMILES string of the molecule is CN(C)CCOc1ccc(NC(=O)Nc2ccc(-c3nc(N4C5COCC4CN(C(=O)OC(C)(C)C)C5)c4cnn(CC(F)(F)F)c4n3)cc2)cc1. The minimum Gasteiger partial charge on any atom is -0.492 e. The molecule has 0 aliphatic carbocycles. The van der Waals surface area contributed by atoms with Crippen molar-refractivity contribution in [2.45, 2.75) is 51.2 Å². The largest absolute Gasteiger partial charge is 0.492 e. The van der Waals surface area contributed by atoms with E-state index in [2.05, 4.69) is 20.7 Å². The molecule has 0 saturated carbocycles. The minimum absolute atomic E-state index is 0.0154. The van der Waals surface area contributed by atoms with Crippen molar-refractivity contribution in [2.24, 2.45) is 0 Å². The van der Waals surface area contributed by atoms with Gasteiger partial charge in [-0.05, 0) is 83.4 Å². The Kier molecular flexibility index (Phi) is 10.4. The van der Waals surface area contributed by atoms with Crippen molar-refractivity contribution >= 4 is 40.4 Å². The smallest absolute Gasteiger partial charge is 0.410 e. The summed E-state index contributed by atoms with van der Waals surface area (Å²) in [5.74, 6) is 1.25. The van der Waals surface area contributed by atoms with Gasteiger partial charge in [0.25, 0.3) is 0 Å². The Balaban J connectivity index is 1.22. The van der Waals surface area contributed by atoms with E-state index in [1.807, 2.05) is 23.9 Å². The number of urea groups is 1. The number of hydrogen-bond donors (Lipinski definition) is 2. The lowest BCUT2D eigenvalue weighted by Crippen LogP contribution is -2.66. The van der Waals surface area contributed by atoms with Crippen LogP contribution >= 0.6 is 0 Å². The highest BCUT2D eigenvalue weighted by Gasteiger charge is 2.43. The van der Waals surface area contributed by atoms with E-state index in [-0.39, 0.29) is 49.9 Å². The molecule has 2 aliphatic rings. The lowest BCUT2D eigenvalue weighted by molar-refractivity contribution is -0.141. The van der Waals surface area contributed by atoms with E-state index in [4.69, 9.17) is 19.2 Å². The van der Waals surface area contributed by atoms with Gasteiger partial charge in [-0.1, -0.05) is 0 Å². The van der Waals surface area contributed by atoms with Gasteiger partial charge in [0.2, 0.25) is 0 Å². The number of benzene rings is 2. The molecule has 2 fully saturated rings. The Bertz CT molecular complexity index is 1860. The fourth-order valence-electron chi connectivity index (χ4n) is 6.01. The second-order valence-corrected chi connectivity index (χ2v) is 14.0. The number of morpholine rings is 1. The van der Waals surface area contributed by atoms with Gasteiger partial charge in [0.1, 0.15) is 30.3 Å². The van der Waals surface area contributed by atoms with Crippen molar-refractivity contribution in [3.63, 3.8) is 0 Å². The van der Waals surface area contributed by atoms with Gasteiger partial charge < -0.3 is 39.5 Å². The third-order valence-corrected chi connectivity index (χ3v) is 8.29. The lowest BCUT2D eigenvalue weighted by Gasteiger charge is -2.50. The van der Waals surface area contributed by atoms with E-state index in [0.29, 0.717) is 40.5 Å². The van der Waals surface area contributed by atoms with Crippen LogP contribution < -0.4 is 20.3 Å². The summed E-state index contributed by atoms with van der Waals surface area (Å²) < 4.78 is 58.7. The van der Waals surface area contributed by atoms with E-state index in [0.717, 1.165) is 11.2 Å². The molecule has 14 nitrogen and oxygen atoms in total. The maximum atomic E-state index is 13.6. The maximum absolute atomic E-state index is 13.6. The Morgan fingerprint density at radius 1 is 0.942 bits per heavy atom. The van der Waals surface area contributed by atoms with Crippen LogP contribution in [0.2, 0.25) is 0 Å². The number of fused-ring (bicyclic) bond motifs is 3. The molecule has 4 aromatic rings. The molecule has 2 atom stereocenters. The molecule has 2 saturated heterocycles. The van der Waals surface area contributed by atoms with Crippen LogP contribution in [-0.4, -0.2) is 119 Å². The highest BCUT2D eigenvalue weighted by atomic mass is 19.4. The number of amides is 3. The van der Waals surface area contributed by atoms with Gasteiger partial charge in [-0.2, -0.15) is 18.3 Å². The average molecular weight is 726 g/mol. The molecule has 2 unspecified atom stereocenters. The van der Waals surface area contributed by atoms with Crippen molar-refractivity contribution in [2.75, 3.05) is 69.1 Å². The molecule has 2 aromatic carbocycles. The lowest BCUT2D eigenvalue weighted by atomic mass is 10.0. The zero-order chi connectivity index (χ0) is 37.2. The molecule has 6 rings (SSSR count). The molecule has 17 heteroatoms. The molecule has 52 heavy (non-hydrogen) atoms. The average Bonchev–Trinajstić information content (AvgIpc) is 3.45. The van der Waals surface area contributed by atoms with E-state index in [1.165, 1.54) is 6.20 Å². The van der Waals surface area contributed by atoms with Crippen LogP contribution in [-0.2, 0) is 16.0 Å². The highest BCUT2D eigenvalue weighted by Crippen LogP contribution is 2.35. The summed E-state index contributed by atoms with van der Waals surface area (Å²) in [6.07, 6.45) is -3.64. The van der Waals surface area contributed by atoms with Gasteiger partial charge in [-0.15, -0.1) is 0 Å².